The molecule has 0 amide bonds. The van der Waals surface area contributed by atoms with Gasteiger partial charge in [0.05, 0.1) is 0 Å². The van der Waals surface area contributed by atoms with E-state index in [9.17, 15) is 0 Å². The predicted molar refractivity (Wildman–Crippen MR) is 77.1 cm³/mol. The molecule has 1 aromatic heterocycles. The molecule has 0 radical (unpaired) electrons. The monoisotopic (exact) mass is 303 g/mol. The smallest absolute Gasteiger partial charge is 0.0344 e. The molecule has 1 heterocycles. The molecule has 3 heteroatoms. The summed E-state index contributed by atoms with van der Waals surface area (Å²) < 4.78 is 1.25. The third-order valence-electron chi connectivity index (χ3n) is 2.47. The van der Waals surface area contributed by atoms with Crippen molar-refractivity contribution in [3.05, 3.63) is 20.8 Å². The first-order valence-corrected chi connectivity index (χ1v) is 7.62. The van der Waals surface area contributed by atoms with Crippen LogP contribution in [-0.4, -0.2) is 6.54 Å². The molecule has 0 aromatic carbocycles. The molecule has 0 aliphatic carbocycles. The molecule has 0 saturated carbocycles. The van der Waals surface area contributed by atoms with Gasteiger partial charge in [-0.05, 0) is 51.7 Å². The first-order valence-electron chi connectivity index (χ1n) is 5.89. The Balaban J connectivity index is 2.75. The van der Waals surface area contributed by atoms with Crippen LogP contribution in [-0.2, 0) is 0 Å². The van der Waals surface area contributed by atoms with E-state index in [0.717, 1.165) is 6.54 Å². The number of hydrogen-bond acceptors (Lipinski definition) is 2. The quantitative estimate of drug-likeness (QED) is 0.808. The van der Waals surface area contributed by atoms with Gasteiger partial charge >= 0.3 is 0 Å². The summed E-state index contributed by atoms with van der Waals surface area (Å²) in [5.41, 5.74) is 1.76. The molecule has 0 aliphatic rings. The third kappa shape index (κ3) is 4.56. The Labute approximate surface area is 112 Å². The van der Waals surface area contributed by atoms with Gasteiger partial charge in [0.25, 0.3) is 0 Å². The molecule has 1 aromatic rings. The summed E-state index contributed by atoms with van der Waals surface area (Å²) in [6.07, 6.45) is 2.35. The van der Waals surface area contributed by atoms with E-state index in [1.165, 1.54) is 22.9 Å². The lowest BCUT2D eigenvalue weighted by Gasteiger charge is -2.27. The van der Waals surface area contributed by atoms with Crippen LogP contribution in [0, 0.1) is 5.41 Å². The van der Waals surface area contributed by atoms with Gasteiger partial charge in [-0.25, -0.2) is 0 Å². The lowest BCUT2D eigenvalue weighted by atomic mass is 9.86. The van der Waals surface area contributed by atoms with Crippen molar-refractivity contribution in [1.29, 1.82) is 0 Å². The average Bonchev–Trinajstić information content (AvgIpc) is 2.57. The Kier molecular flexibility index (Phi) is 5.48. The standard InChI is InChI=1S/C13H22BrNS/c1-5-6-15-12(7-13(2,3)4)10-8-16-9-11(10)14/h8-9,12,15H,5-7H2,1-4H3. The van der Waals surface area contributed by atoms with Gasteiger partial charge < -0.3 is 5.32 Å². The number of nitrogens with one attached hydrogen (secondary N) is 1. The Hall–Kier alpha value is 0.140. The van der Waals surface area contributed by atoms with Crippen molar-refractivity contribution in [3.63, 3.8) is 0 Å². The largest absolute Gasteiger partial charge is 0.310 e. The zero-order valence-electron chi connectivity index (χ0n) is 10.6. The number of halogens is 1. The summed E-state index contributed by atoms with van der Waals surface area (Å²) in [5.74, 6) is 0. The second kappa shape index (κ2) is 6.18. The maximum Gasteiger partial charge on any atom is 0.0344 e. The van der Waals surface area contributed by atoms with E-state index in [-0.39, 0.29) is 0 Å². The van der Waals surface area contributed by atoms with Crippen LogP contribution >= 0.6 is 27.3 Å². The van der Waals surface area contributed by atoms with E-state index >= 15 is 0 Å². The highest BCUT2D eigenvalue weighted by atomic mass is 79.9. The summed E-state index contributed by atoms with van der Waals surface area (Å²) in [6, 6.07) is 0.473. The van der Waals surface area contributed by atoms with E-state index < -0.39 is 0 Å². The van der Waals surface area contributed by atoms with Crippen molar-refractivity contribution in [3.8, 4) is 0 Å². The fourth-order valence-electron chi connectivity index (χ4n) is 1.76. The molecule has 1 atom stereocenters. The van der Waals surface area contributed by atoms with Crippen LogP contribution in [0.15, 0.2) is 15.2 Å². The molecule has 1 unspecified atom stereocenters. The van der Waals surface area contributed by atoms with Gasteiger partial charge in [-0.3, -0.25) is 0 Å². The zero-order valence-corrected chi connectivity index (χ0v) is 13.0. The van der Waals surface area contributed by atoms with Crippen molar-refractivity contribution in [2.45, 2.75) is 46.6 Å². The molecule has 0 aliphatic heterocycles. The van der Waals surface area contributed by atoms with Crippen molar-refractivity contribution in [1.82, 2.24) is 5.32 Å². The summed E-state index contributed by atoms with van der Waals surface area (Å²) in [4.78, 5) is 0. The van der Waals surface area contributed by atoms with Gasteiger partial charge in [0.1, 0.15) is 0 Å². The molecule has 0 bridgehead atoms. The van der Waals surface area contributed by atoms with Crippen LogP contribution < -0.4 is 5.32 Å². The molecule has 1 nitrogen and oxygen atoms in total. The minimum Gasteiger partial charge on any atom is -0.310 e. The summed E-state index contributed by atoms with van der Waals surface area (Å²) in [5, 5.41) is 8.06. The van der Waals surface area contributed by atoms with Crippen molar-refractivity contribution >= 4 is 27.3 Å². The fourth-order valence-corrected chi connectivity index (χ4v) is 3.39. The van der Waals surface area contributed by atoms with E-state index in [0.29, 0.717) is 11.5 Å². The van der Waals surface area contributed by atoms with Gasteiger partial charge in [-0.15, -0.1) is 0 Å². The number of thiophene rings is 1. The summed E-state index contributed by atoms with van der Waals surface area (Å²) >= 11 is 5.40. The van der Waals surface area contributed by atoms with Crippen molar-refractivity contribution < 1.29 is 0 Å². The molecule has 1 rings (SSSR count). The summed E-state index contributed by atoms with van der Waals surface area (Å²) in [6.45, 7) is 10.2. The Morgan fingerprint density at radius 3 is 2.50 bits per heavy atom. The van der Waals surface area contributed by atoms with E-state index in [4.69, 9.17) is 0 Å². The predicted octanol–water partition coefficient (Wildman–Crippen LogP) is 4.99. The minimum atomic E-state index is 0.354. The Bertz CT molecular complexity index is 314. The average molecular weight is 304 g/mol. The van der Waals surface area contributed by atoms with Crippen LogP contribution in [0.25, 0.3) is 0 Å². The second-order valence-electron chi connectivity index (χ2n) is 5.45. The van der Waals surface area contributed by atoms with Crippen molar-refractivity contribution in [2.24, 2.45) is 5.41 Å². The lowest BCUT2D eigenvalue weighted by molar-refractivity contribution is 0.311. The SMILES string of the molecule is CCCNC(CC(C)(C)C)c1cscc1Br. The van der Waals surface area contributed by atoms with Crippen LogP contribution in [0.4, 0.5) is 0 Å². The maximum absolute atomic E-state index is 3.65. The minimum absolute atomic E-state index is 0.354. The van der Waals surface area contributed by atoms with Gasteiger partial charge in [0.15, 0.2) is 0 Å². The second-order valence-corrected chi connectivity index (χ2v) is 7.04. The van der Waals surface area contributed by atoms with Crippen LogP contribution in [0.5, 0.6) is 0 Å². The molecule has 0 spiro atoms. The van der Waals surface area contributed by atoms with Crippen LogP contribution in [0.3, 0.4) is 0 Å². The maximum atomic E-state index is 3.65. The highest BCUT2D eigenvalue weighted by molar-refractivity contribution is 9.10. The fraction of sp³-hybridized carbons (Fsp3) is 0.692. The van der Waals surface area contributed by atoms with E-state index in [1.807, 2.05) is 0 Å². The lowest BCUT2D eigenvalue weighted by Crippen LogP contribution is -2.26. The van der Waals surface area contributed by atoms with Gasteiger partial charge in [0, 0.05) is 15.9 Å². The highest BCUT2D eigenvalue weighted by Crippen LogP contribution is 2.34. The zero-order chi connectivity index (χ0) is 12.2. The van der Waals surface area contributed by atoms with Gasteiger partial charge in [-0.1, -0.05) is 27.7 Å². The van der Waals surface area contributed by atoms with Crippen LogP contribution in [0.1, 0.15) is 52.1 Å². The first kappa shape index (κ1) is 14.2. The summed E-state index contributed by atoms with van der Waals surface area (Å²) in [7, 11) is 0. The molecular weight excluding hydrogens is 282 g/mol. The molecular formula is C13H22BrNS. The molecule has 92 valence electrons. The molecule has 1 N–H and O–H groups in total. The van der Waals surface area contributed by atoms with E-state index in [1.54, 1.807) is 11.3 Å². The highest BCUT2D eigenvalue weighted by Gasteiger charge is 2.21. The molecule has 16 heavy (non-hydrogen) atoms. The topological polar surface area (TPSA) is 12.0 Å². The number of hydrogen-bond donors (Lipinski definition) is 1. The molecule has 0 fully saturated rings. The Morgan fingerprint density at radius 1 is 1.38 bits per heavy atom. The third-order valence-corrected chi connectivity index (χ3v) is 4.23. The van der Waals surface area contributed by atoms with Crippen LogP contribution in [0.2, 0.25) is 0 Å². The Morgan fingerprint density at radius 2 is 2.06 bits per heavy atom. The van der Waals surface area contributed by atoms with Crippen molar-refractivity contribution in [2.75, 3.05) is 6.54 Å². The normalized spacial score (nSPS) is 14.1. The molecule has 0 saturated heterocycles. The van der Waals surface area contributed by atoms with Gasteiger partial charge in [-0.2, -0.15) is 11.3 Å². The van der Waals surface area contributed by atoms with Gasteiger partial charge in [0.2, 0.25) is 0 Å². The number of rotatable bonds is 5. The van der Waals surface area contributed by atoms with E-state index in [2.05, 4.69) is 59.7 Å². The first-order chi connectivity index (χ1) is 7.44.